The van der Waals surface area contributed by atoms with Gasteiger partial charge in [0, 0.05) is 29.7 Å². The second kappa shape index (κ2) is 6.82. The van der Waals surface area contributed by atoms with E-state index in [0.29, 0.717) is 34.5 Å². The predicted octanol–water partition coefficient (Wildman–Crippen LogP) is 4.88. The van der Waals surface area contributed by atoms with Gasteiger partial charge in [0.25, 0.3) is 0 Å². The van der Waals surface area contributed by atoms with E-state index in [2.05, 4.69) is 0 Å². The first-order valence-electron chi connectivity index (χ1n) is 9.47. The molecule has 3 aromatic rings. The minimum atomic E-state index is -0.447. The van der Waals surface area contributed by atoms with E-state index in [1.54, 1.807) is 13.0 Å². The van der Waals surface area contributed by atoms with Gasteiger partial charge in [-0.3, -0.25) is 4.79 Å². The number of esters is 1. The van der Waals surface area contributed by atoms with Crippen molar-refractivity contribution in [2.24, 2.45) is 0 Å². The molecular weight excluding hydrogens is 356 g/mol. The molecule has 5 heteroatoms. The molecule has 2 heterocycles. The number of aryl methyl sites for hydroxylation is 1. The molecule has 5 nitrogen and oxygen atoms in total. The lowest BCUT2D eigenvalue weighted by molar-refractivity contribution is -0.133. The summed E-state index contributed by atoms with van der Waals surface area (Å²) in [5.41, 5.74) is 2.00. The van der Waals surface area contributed by atoms with E-state index in [1.165, 1.54) is 6.07 Å². The monoisotopic (exact) mass is 378 g/mol. The number of hydrogen-bond donors (Lipinski definition) is 0. The minimum absolute atomic E-state index is 0.238. The molecule has 0 radical (unpaired) electrons. The lowest BCUT2D eigenvalue weighted by Crippen LogP contribution is -2.32. The van der Waals surface area contributed by atoms with Gasteiger partial charge >= 0.3 is 11.6 Å². The minimum Gasteiger partial charge on any atom is -0.487 e. The smallest absolute Gasteiger partial charge is 0.336 e. The molecule has 4 rings (SSSR count). The lowest BCUT2D eigenvalue weighted by atomic mass is 9.91. The van der Waals surface area contributed by atoms with Gasteiger partial charge < -0.3 is 13.9 Å². The number of hydrogen-bond acceptors (Lipinski definition) is 5. The van der Waals surface area contributed by atoms with Gasteiger partial charge in [-0.2, -0.15) is 0 Å². The van der Waals surface area contributed by atoms with Gasteiger partial charge in [0.15, 0.2) is 0 Å². The molecule has 0 saturated heterocycles. The van der Waals surface area contributed by atoms with E-state index in [-0.39, 0.29) is 18.0 Å². The highest BCUT2D eigenvalue weighted by molar-refractivity contribution is 6.01. The van der Waals surface area contributed by atoms with Crippen LogP contribution in [0.4, 0.5) is 0 Å². The first-order chi connectivity index (χ1) is 13.4. The molecule has 1 aliphatic rings. The van der Waals surface area contributed by atoms with Crippen molar-refractivity contribution in [3.05, 3.63) is 58.4 Å². The summed E-state index contributed by atoms with van der Waals surface area (Å²) in [6, 6.07) is 12.7. The zero-order chi connectivity index (χ0) is 19.9. The summed E-state index contributed by atoms with van der Waals surface area (Å²) in [5, 5.41) is 0.620. The van der Waals surface area contributed by atoms with Crippen molar-refractivity contribution in [3.8, 4) is 22.6 Å². The van der Waals surface area contributed by atoms with Crippen molar-refractivity contribution in [2.45, 2.75) is 45.6 Å². The van der Waals surface area contributed by atoms with Gasteiger partial charge in [-0.15, -0.1) is 0 Å². The van der Waals surface area contributed by atoms with Crippen LogP contribution in [0.15, 0.2) is 51.7 Å². The maximum absolute atomic E-state index is 12.4. The van der Waals surface area contributed by atoms with E-state index in [1.807, 2.05) is 44.2 Å². The first-order valence-corrected chi connectivity index (χ1v) is 9.47. The third-order valence-electron chi connectivity index (χ3n) is 5.00. The zero-order valence-electron chi connectivity index (χ0n) is 16.2. The fourth-order valence-corrected chi connectivity index (χ4v) is 3.56. The normalized spacial score (nSPS) is 15.0. The molecule has 28 heavy (non-hydrogen) atoms. The lowest BCUT2D eigenvalue weighted by Gasteiger charge is -2.33. The Labute approximate surface area is 162 Å². The van der Waals surface area contributed by atoms with Gasteiger partial charge in [0.05, 0.1) is 5.39 Å². The number of rotatable bonds is 3. The van der Waals surface area contributed by atoms with Crippen LogP contribution in [0.5, 0.6) is 11.5 Å². The van der Waals surface area contributed by atoms with Gasteiger partial charge in [-0.25, -0.2) is 4.79 Å². The Morgan fingerprint density at radius 2 is 1.93 bits per heavy atom. The van der Waals surface area contributed by atoms with Crippen molar-refractivity contribution in [2.75, 3.05) is 0 Å². The van der Waals surface area contributed by atoms with E-state index in [9.17, 15) is 9.59 Å². The van der Waals surface area contributed by atoms with Gasteiger partial charge in [0.2, 0.25) is 0 Å². The van der Waals surface area contributed by atoms with Crippen LogP contribution in [0.1, 0.15) is 39.2 Å². The topological polar surface area (TPSA) is 65.7 Å². The molecule has 0 fully saturated rings. The Balaban J connectivity index is 2.06. The maximum atomic E-state index is 12.4. The third-order valence-corrected chi connectivity index (χ3v) is 5.00. The van der Waals surface area contributed by atoms with E-state index in [4.69, 9.17) is 13.9 Å². The number of carbonyl (C=O) groups excluding carboxylic acids is 1. The molecule has 0 amide bonds. The SMILES string of the molecule is CCC(=O)Oc1cc2c(c3oc(=O)cc(-c4ccccc4)c13)CCC(C)(C)O2. The van der Waals surface area contributed by atoms with Crippen LogP contribution in [0.3, 0.4) is 0 Å². The summed E-state index contributed by atoms with van der Waals surface area (Å²) in [4.78, 5) is 24.4. The van der Waals surface area contributed by atoms with Crippen molar-refractivity contribution in [1.82, 2.24) is 0 Å². The highest BCUT2D eigenvalue weighted by Crippen LogP contribution is 2.44. The Bertz CT molecular complexity index is 1110. The summed E-state index contributed by atoms with van der Waals surface area (Å²) in [6.45, 7) is 5.75. The van der Waals surface area contributed by atoms with Crippen LogP contribution in [-0.2, 0) is 11.2 Å². The summed E-state index contributed by atoms with van der Waals surface area (Å²) >= 11 is 0. The largest absolute Gasteiger partial charge is 0.487 e. The van der Waals surface area contributed by atoms with Crippen LogP contribution < -0.4 is 15.1 Å². The molecule has 0 atom stereocenters. The molecule has 0 spiro atoms. The molecule has 144 valence electrons. The number of benzene rings is 2. The van der Waals surface area contributed by atoms with Gasteiger partial charge in [-0.1, -0.05) is 37.3 Å². The van der Waals surface area contributed by atoms with Crippen LogP contribution in [0.2, 0.25) is 0 Å². The summed E-state index contributed by atoms with van der Waals surface area (Å²) in [5.74, 6) is 0.582. The summed E-state index contributed by atoms with van der Waals surface area (Å²) in [6.07, 6.45) is 1.74. The molecule has 1 aliphatic heterocycles. The second-order valence-corrected chi connectivity index (χ2v) is 7.59. The van der Waals surface area contributed by atoms with Crippen LogP contribution in [-0.4, -0.2) is 11.6 Å². The number of ether oxygens (including phenoxy) is 2. The highest BCUT2D eigenvalue weighted by atomic mass is 16.5. The second-order valence-electron chi connectivity index (χ2n) is 7.59. The Morgan fingerprint density at radius 1 is 1.18 bits per heavy atom. The fraction of sp³-hybridized carbons (Fsp3) is 0.304. The van der Waals surface area contributed by atoms with Gasteiger partial charge in [-0.05, 0) is 32.3 Å². The predicted molar refractivity (Wildman–Crippen MR) is 107 cm³/mol. The molecule has 0 saturated carbocycles. The third kappa shape index (κ3) is 3.28. The Morgan fingerprint density at radius 3 is 2.64 bits per heavy atom. The molecule has 0 aliphatic carbocycles. The van der Waals surface area contributed by atoms with Crippen LogP contribution in [0.25, 0.3) is 22.1 Å². The van der Waals surface area contributed by atoms with E-state index in [0.717, 1.165) is 17.5 Å². The molecule has 1 aromatic heterocycles. The van der Waals surface area contributed by atoms with Crippen LogP contribution >= 0.6 is 0 Å². The van der Waals surface area contributed by atoms with E-state index < -0.39 is 5.63 Å². The number of carbonyl (C=O) groups is 1. The van der Waals surface area contributed by atoms with Crippen molar-refractivity contribution >= 4 is 16.9 Å². The standard InChI is InChI=1S/C23H22O5/c1-4-19(24)26-18-13-17-15(10-11-23(2,3)28-17)22-21(18)16(12-20(25)27-22)14-8-6-5-7-9-14/h5-9,12-13H,4,10-11H2,1-3H3. The highest BCUT2D eigenvalue weighted by Gasteiger charge is 2.31. The summed E-state index contributed by atoms with van der Waals surface area (Å²) < 4.78 is 17.4. The average molecular weight is 378 g/mol. The van der Waals surface area contributed by atoms with Crippen LogP contribution in [0, 0.1) is 0 Å². The number of fused-ring (bicyclic) bond motifs is 3. The molecular formula is C23H22O5. The summed E-state index contributed by atoms with van der Waals surface area (Å²) in [7, 11) is 0. The van der Waals surface area contributed by atoms with Crippen molar-refractivity contribution in [3.63, 3.8) is 0 Å². The molecule has 0 N–H and O–H groups in total. The quantitative estimate of drug-likeness (QED) is 0.369. The molecule has 0 bridgehead atoms. The average Bonchev–Trinajstić information content (AvgIpc) is 2.66. The zero-order valence-corrected chi connectivity index (χ0v) is 16.2. The molecule has 2 aromatic carbocycles. The fourth-order valence-electron chi connectivity index (χ4n) is 3.56. The van der Waals surface area contributed by atoms with Crippen molar-refractivity contribution in [1.29, 1.82) is 0 Å². The van der Waals surface area contributed by atoms with E-state index >= 15 is 0 Å². The maximum Gasteiger partial charge on any atom is 0.336 e. The Hall–Kier alpha value is -3.08. The van der Waals surface area contributed by atoms with Crippen molar-refractivity contribution < 1.29 is 18.7 Å². The Kier molecular flexibility index (Phi) is 4.46. The molecule has 0 unspecified atom stereocenters. The van der Waals surface area contributed by atoms with Gasteiger partial charge in [0.1, 0.15) is 22.7 Å². The first kappa shape index (κ1) is 18.3.